The molecule has 0 radical (unpaired) electrons. The van der Waals surface area contributed by atoms with Crippen LogP contribution < -0.4 is 11.1 Å². The lowest BCUT2D eigenvalue weighted by atomic mass is 10.1. The molecule has 3 N–H and O–H groups in total. The Bertz CT molecular complexity index is 499. The van der Waals surface area contributed by atoms with Gasteiger partial charge >= 0.3 is 5.97 Å². The fourth-order valence-corrected chi connectivity index (χ4v) is 1.91. The lowest BCUT2D eigenvalue weighted by Crippen LogP contribution is -2.35. The lowest BCUT2D eigenvalue weighted by Gasteiger charge is -2.19. The van der Waals surface area contributed by atoms with Gasteiger partial charge in [0.25, 0.3) is 0 Å². The van der Waals surface area contributed by atoms with Gasteiger partial charge in [-0.3, -0.25) is 4.79 Å². The molecule has 0 aliphatic heterocycles. The van der Waals surface area contributed by atoms with E-state index in [9.17, 15) is 9.59 Å². The number of amides is 1. The summed E-state index contributed by atoms with van der Waals surface area (Å²) in [6, 6.07) is 4.82. The molecule has 0 aliphatic rings. The fraction of sp³-hybridized carbons (Fsp3) is 0.467. The number of hydrogen-bond donors (Lipinski definition) is 2. The molecule has 0 saturated heterocycles. The van der Waals surface area contributed by atoms with E-state index in [-0.39, 0.29) is 12.5 Å². The third kappa shape index (κ3) is 4.66. The summed E-state index contributed by atoms with van der Waals surface area (Å²) in [4.78, 5) is 25.3. The van der Waals surface area contributed by atoms with Gasteiger partial charge in [-0.05, 0) is 39.0 Å². The highest BCUT2D eigenvalue weighted by molar-refractivity contribution is 5.92. The number of hydrogen-bond acceptors (Lipinski definition) is 5. The van der Waals surface area contributed by atoms with Crippen molar-refractivity contribution in [1.29, 1.82) is 0 Å². The molecule has 116 valence electrons. The Hall–Kier alpha value is -2.24. The normalized spacial score (nSPS) is 10.0. The summed E-state index contributed by atoms with van der Waals surface area (Å²) in [6.07, 6.45) is 0. The molecule has 0 aromatic heterocycles. The second-order valence-corrected chi connectivity index (χ2v) is 4.44. The first kappa shape index (κ1) is 16.8. The molecule has 0 bridgehead atoms. The van der Waals surface area contributed by atoms with Crippen LogP contribution in [0.15, 0.2) is 18.2 Å². The van der Waals surface area contributed by atoms with E-state index in [1.165, 1.54) is 0 Å². The van der Waals surface area contributed by atoms with Gasteiger partial charge < -0.3 is 20.7 Å². The third-order valence-corrected chi connectivity index (χ3v) is 3.11. The van der Waals surface area contributed by atoms with Crippen molar-refractivity contribution in [3.63, 3.8) is 0 Å². The number of nitrogens with two attached hydrogens (primary N) is 1. The van der Waals surface area contributed by atoms with Crippen molar-refractivity contribution < 1.29 is 14.3 Å². The minimum absolute atomic E-state index is 0.0130. The first-order valence-corrected chi connectivity index (χ1v) is 7.11. The van der Waals surface area contributed by atoms with Crippen molar-refractivity contribution in [1.82, 2.24) is 4.90 Å². The monoisotopic (exact) mass is 293 g/mol. The van der Waals surface area contributed by atoms with Gasteiger partial charge in [0.05, 0.1) is 30.1 Å². The Labute approximate surface area is 125 Å². The van der Waals surface area contributed by atoms with Crippen molar-refractivity contribution in [2.24, 2.45) is 0 Å². The van der Waals surface area contributed by atoms with Gasteiger partial charge in [-0.15, -0.1) is 0 Å². The Morgan fingerprint density at radius 2 is 1.90 bits per heavy atom. The maximum atomic E-state index is 11.9. The van der Waals surface area contributed by atoms with E-state index in [4.69, 9.17) is 10.5 Å². The number of nitrogens with zero attached hydrogens (tertiary/aromatic N) is 1. The van der Waals surface area contributed by atoms with E-state index in [1.54, 1.807) is 30.0 Å². The highest BCUT2D eigenvalue weighted by Gasteiger charge is 2.12. The van der Waals surface area contributed by atoms with Gasteiger partial charge in [0.1, 0.15) is 0 Å². The van der Waals surface area contributed by atoms with E-state index in [0.717, 1.165) is 0 Å². The molecule has 0 saturated carbocycles. The Morgan fingerprint density at radius 1 is 1.24 bits per heavy atom. The van der Waals surface area contributed by atoms with Gasteiger partial charge in [0, 0.05) is 13.1 Å². The average molecular weight is 293 g/mol. The van der Waals surface area contributed by atoms with Gasteiger partial charge in [-0.2, -0.15) is 0 Å². The van der Waals surface area contributed by atoms with Crippen molar-refractivity contribution >= 4 is 23.3 Å². The molecule has 1 amide bonds. The number of ether oxygens (including phenoxy) is 1. The molecule has 0 heterocycles. The second kappa shape index (κ2) is 8.14. The molecule has 1 aromatic rings. The summed E-state index contributed by atoms with van der Waals surface area (Å²) in [6.45, 7) is 7.38. The first-order valence-electron chi connectivity index (χ1n) is 7.11. The Morgan fingerprint density at radius 3 is 2.48 bits per heavy atom. The molecule has 1 aromatic carbocycles. The quantitative estimate of drug-likeness (QED) is 0.590. The van der Waals surface area contributed by atoms with Gasteiger partial charge in [0.2, 0.25) is 5.91 Å². The van der Waals surface area contributed by atoms with E-state index in [2.05, 4.69) is 5.32 Å². The lowest BCUT2D eigenvalue weighted by molar-refractivity contribution is -0.128. The van der Waals surface area contributed by atoms with Crippen LogP contribution >= 0.6 is 0 Å². The Kier molecular flexibility index (Phi) is 6.52. The summed E-state index contributed by atoms with van der Waals surface area (Å²) in [5.74, 6) is -0.420. The van der Waals surface area contributed by atoms with Crippen LogP contribution in [0.5, 0.6) is 0 Å². The summed E-state index contributed by atoms with van der Waals surface area (Å²) in [7, 11) is 0. The van der Waals surface area contributed by atoms with E-state index >= 15 is 0 Å². The number of anilines is 2. The maximum absolute atomic E-state index is 11.9. The van der Waals surface area contributed by atoms with Gasteiger partial charge in [0.15, 0.2) is 0 Å². The average Bonchev–Trinajstić information content (AvgIpc) is 2.47. The first-order chi connectivity index (χ1) is 10.0. The predicted octanol–water partition coefficient (Wildman–Crippen LogP) is 1.73. The van der Waals surface area contributed by atoms with Crippen LogP contribution in [0, 0.1) is 0 Å². The van der Waals surface area contributed by atoms with E-state index in [0.29, 0.717) is 36.6 Å². The number of carbonyl (C=O) groups is 2. The van der Waals surface area contributed by atoms with Crippen molar-refractivity contribution in [2.75, 3.05) is 37.3 Å². The van der Waals surface area contributed by atoms with E-state index in [1.807, 2.05) is 13.8 Å². The van der Waals surface area contributed by atoms with Crippen molar-refractivity contribution in [3.8, 4) is 0 Å². The molecule has 6 nitrogen and oxygen atoms in total. The number of likely N-dealkylation sites (N-methyl/N-ethyl adjacent to an activating group) is 1. The molecular weight excluding hydrogens is 270 g/mol. The minimum Gasteiger partial charge on any atom is -0.462 e. The molecule has 0 atom stereocenters. The third-order valence-electron chi connectivity index (χ3n) is 3.11. The number of benzene rings is 1. The van der Waals surface area contributed by atoms with Crippen LogP contribution in [0.1, 0.15) is 31.1 Å². The number of nitrogen functional groups attached to an aromatic ring is 1. The zero-order valence-electron chi connectivity index (χ0n) is 12.8. The largest absolute Gasteiger partial charge is 0.462 e. The molecule has 1 rings (SSSR count). The maximum Gasteiger partial charge on any atom is 0.338 e. The molecular formula is C15H23N3O3. The topological polar surface area (TPSA) is 84.7 Å². The molecule has 0 fully saturated rings. The highest BCUT2D eigenvalue weighted by atomic mass is 16.5. The summed E-state index contributed by atoms with van der Waals surface area (Å²) in [5, 5.41) is 2.98. The summed E-state index contributed by atoms with van der Waals surface area (Å²) < 4.78 is 4.94. The Balaban J connectivity index is 2.76. The molecule has 0 aliphatic carbocycles. The smallest absolute Gasteiger partial charge is 0.338 e. The van der Waals surface area contributed by atoms with Crippen LogP contribution in [0.2, 0.25) is 0 Å². The van der Waals surface area contributed by atoms with Crippen LogP contribution in [0.4, 0.5) is 11.4 Å². The summed E-state index contributed by atoms with van der Waals surface area (Å²) >= 11 is 0. The van der Waals surface area contributed by atoms with Crippen molar-refractivity contribution in [3.05, 3.63) is 23.8 Å². The fourth-order valence-electron chi connectivity index (χ4n) is 1.91. The minimum atomic E-state index is -0.407. The number of rotatable bonds is 7. The highest BCUT2D eigenvalue weighted by Crippen LogP contribution is 2.20. The van der Waals surface area contributed by atoms with Crippen LogP contribution in [-0.2, 0) is 9.53 Å². The van der Waals surface area contributed by atoms with Gasteiger partial charge in [-0.25, -0.2) is 4.79 Å². The van der Waals surface area contributed by atoms with Crippen LogP contribution in [0.25, 0.3) is 0 Å². The molecule has 21 heavy (non-hydrogen) atoms. The predicted molar refractivity (Wildman–Crippen MR) is 83.2 cm³/mol. The van der Waals surface area contributed by atoms with Gasteiger partial charge in [-0.1, -0.05) is 0 Å². The summed E-state index contributed by atoms with van der Waals surface area (Å²) in [5.41, 5.74) is 7.30. The molecule has 0 unspecified atom stereocenters. The number of nitrogens with one attached hydrogen (secondary N) is 1. The zero-order valence-corrected chi connectivity index (χ0v) is 12.8. The second-order valence-electron chi connectivity index (χ2n) is 4.44. The SMILES string of the molecule is CCOC(=O)c1ccc(N)c(NCC(=O)N(CC)CC)c1. The van der Waals surface area contributed by atoms with Crippen LogP contribution in [0.3, 0.4) is 0 Å². The molecule has 0 spiro atoms. The van der Waals surface area contributed by atoms with Crippen LogP contribution in [-0.4, -0.2) is 43.0 Å². The zero-order chi connectivity index (χ0) is 15.8. The standard InChI is InChI=1S/C15H23N3O3/c1-4-18(5-2)14(19)10-17-13-9-11(7-8-12(13)16)15(20)21-6-3/h7-9,17H,4-6,10,16H2,1-3H3. The van der Waals surface area contributed by atoms with Crippen molar-refractivity contribution in [2.45, 2.75) is 20.8 Å². The number of carbonyl (C=O) groups excluding carboxylic acids is 2. The number of esters is 1. The molecule has 6 heteroatoms. The van der Waals surface area contributed by atoms with E-state index < -0.39 is 5.97 Å².